The number of hydrogen-bond acceptors (Lipinski definition) is 5. The third kappa shape index (κ3) is 2.04. The highest BCUT2D eigenvalue weighted by Crippen LogP contribution is 2.24. The van der Waals surface area contributed by atoms with Gasteiger partial charge in [0.2, 0.25) is 0 Å². The van der Waals surface area contributed by atoms with Crippen LogP contribution in [-0.2, 0) is 0 Å². The van der Waals surface area contributed by atoms with Crippen LogP contribution in [0.25, 0.3) is 5.65 Å². The molecule has 0 atom stereocenters. The van der Waals surface area contributed by atoms with Gasteiger partial charge in [0.25, 0.3) is 0 Å². The van der Waals surface area contributed by atoms with Gasteiger partial charge in [0.15, 0.2) is 11.5 Å². The summed E-state index contributed by atoms with van der Waals surface area (Å²) < 4.78 is 1.81. The second kappa shape index (κ2) is 4.70. The van der Waals surface area contributed by atoms with Crippen LogP contribution in [0, 0.1) is 12.8 Å². The largest absolute Gasteiger partial charge is 0.354 e. The Bertz CT molecular complexity index is 611. The molecule has 4 rings (SSSR count). The van der Waals surface area contributed by atoms with Crippen molar-refractivity contribution in [3.63, 3.8) is 0 Å². The lowest BCUT2D eigenvalue weighted by Crippen LogP contribution is -2.53. The molecule has 20 heavy (non-hydrogen) atoms. The fraction of sp³-hybridized carbons (Fsp3) is 0.643. The van der Waals surface area contributed by atoms with E-state index in [1.165, 1.54) is 19.3 Å². The smallest absolute Gasteiger partial charge is 0.178 e. The topological polar surface area (TPSA) is 58.4 Å². The number of fused-ring (bicyclic) bond motifs is 1. The zero-order valence-electron chi connectivity index (χ0n) is 11.8. The number of aryl methyl sites for hydroxylation is 1. The first-order valence-electron chi connectivity index (χ1n) is 7.47. The van der Waals surface area contributed by atoms with Gasteiger partial charge < -0.3 is 10.2 Å². The Labute approximate surface area is 118 Å². The summed E-state index contributed by atoms with van der Waals surface area (Å²) in [6, 6.07) is 4.82. The molecule has 2 aromatic rings. The lowest BCUT2D eigenvalue weighted by atomic mass is 9.91. The van der Waals surface area contributed by atoms with Crippen molar-refractivity contribution in [2.75, 3.05) is 24.5 Å². The van der Waals surface area contributed by atoms with Crippen LogP contribution in [0.1, 0.15) is 25.1 Å². The minimum Gasteiger partial charge on any atom is -0.354 e. The molecular formula is C14H20N6. The van der Waals surface area contributed by atoms with Crippen molar-refractivity contribution in [2.24, 2.45) is 5.92 Å². The van der Waals surface area contributed by atoms with Gasteiger partial charge in [-0.15, -0.1) is 15.3 Å². The maximum atomic E-state index is 4.61. The molecule has 2 aromatic heterocycles. The molecule has 6 nitrogen and oxygen atoms in total. The normalized spacial score (nSPS) is 20.1. The Morgan fingerprint density at radius 3 is 2.85 bits per heavy atom. The van der Waals surface area contributed by atoms with Gasteiger partial charge in [-0.1, -0.05) is 6.42 Å². The lowest BCUT2D eigenvalue weighted by Gasteiger charge is -2.41. The maximum absolute atomic E-state index is 4.61. The number of nitrogens with one attached hydrogen (secondary N) is 1. The average molecular weight is 272 g/mol. The zero-order valence-corrected chi connectivity index (χ0v) is 11.8. The molecule has 2 aliphatic rings. The van der Waals surface area contributed by atoms with E-state index in [1.807, 2.05) is 23.6 Å². The van der Waals surface area contributed by atoms with Crippen molar-refractivity contribution >= 4 is 11.5 Å². The van der Waals surface area contributed by atoms with Crippen LogP contribution in [-0.4, -0.2) is 45.5 Å². The summed E-state index contributed by atoms with van der Waals surface area (Å²) in [7, 11) is 0. The summed E-state index contributed by atoms with van der Waals surface area (Å²) in [4.78, 5) is 2.33. The van der Waals surface area contributed by atoms with Crippen molar-refractivity contribution in [3.05, 3.63) is 18.0 Å². The molecule has 6 heteroatoms. The van der Waals surface area contributed by atoms with Crippen molar-refractivity contribution < 1.29 is 0 Å². The summed E-state index contributed by atoms with van der Waals surface area (Å²) in [5.41, 5.74) is 0.815. The number of aromatic nitrogens is 4. The van der Waals surface area contributed by atoms with E-state index in [0.717, 1.165) is 48.9 Å². The fourth-order valence-corrected chi connectivity index (χ4v) is 2.89. The molecule has 0 unspecified atom stereocenters. The standard InChI is InChI=1S/C14H20N6/c1-10-16-17-13-5-6-14(18-20(10)13)19-8-11(9-19)7-15-12-3-2-4-12/h5-6,11-12,15H,2-4,7-9H2,1H3. The highest BCUT2D eigenvalue weighted by Gasteiger charge is 2.29. The molecule has 1 aliphatic carbocycles. The van der Waals surface area contributed by atoms with Crippen LogP contribution < -0.4 is 10.2 Å². The first-order chi connectivity index (χ1) is 9.79. The van der Waals surface area contributed by atoms with Crippen LogP contribution in [0.5, 0.6) is 0 Å². The van der Waals surface area contributed by atoms with E-state index < -0.39 is 0 Å². The molecule has 0 spiro atoms. The van der Waals surface area contributed by atoms with E-state index in [9.17, 15) is 0 Å². The number of nitrogens with zero attached hydrogens (tertiary/aromatic N) is 5. The van der Waals surface area contributed by atoms with Gasteiger partial charge in [-0.05, 0) is 31.9 Å². The monoisotopic (exact) mass is 272 g/mol. The molecule has 1 aliphatic heterocycles. The van der Waals surface area contributed by atoms with Crippen molar-refractivity contribution in [1.29, 1.82) is 0 Å². The molecule has 2 fully saturated rings. The van der Waals surface area contributed by atoms with Crippen LogP contribution in [0.15, 0.2) is 12.1 Å². The SMILES string of the molecule is Cc1nnc2ccc(N3CC(CNC4CCC4)C3)nn12. The second-order valence-corrected chi connectivity index (χ2v) is 6.02. The van der Waals surface area contributed by atoms with Crippen molar-refractivity contribution in [2.45, 2.75) is 32.2 Å². The fourth-order valence-electron chi connectivity index (χ4n) is 2.89. The zero-order chi connectivity index (χ0) is 13.5. The molecule has 1 saturated carbocycles. The van der Waals surface area contributed by atoms with E-state index in [2.05, 4.69) is 25.5 Å². The number of rotatable bonds is 4. The minimum atomic E-state index is 0.759. The van der Waals surface area contributed by atoms with Gasteiger partial charge in [-0.25, -0.2) is 0 Å². The van der Waals surface area contributed by atoms with Crippen LogP contribution in [0.3, 0.4) is 0 Å². The predicted octanol–water partition coefficient (Wildman–Crippen LogP) is 1.01. The molecule has 0 amide bonds. The Morgan fingerprint density at radius 2 is 2.10 bits per heavy atom. The van der Waals surface area contributed by atoms with Gasteiger partial charge >= 0.3 is 0 Å². The molecule has 106 valence electrons. The molecular weight excluding hydrogens is 252 g/mol. The van der Waals surface area contributed by atoms with Gasteiger partial charge in [0.1, 0.15) is 5.82 Å². The summed E-state index contributed by atoms with van der Waals surface area (Å²) in [5.74, 6) is 2.63. The highest BCUT2D eigenvalue weighted by atomic mass is 15.4. The van der Waals surface area contributed by atoms with Crippen LogP contribution >= 0.6 is 0 Å². The molecule has 0 radical (unpaired) electrons. The molecule has 0 bridgehead atoms. The first-order valence-corrected chi connectivity index (χ1v) is 7.47. The number of anilines is 1. The number of hydrogen-bond donors (Lipinski definition) is 1. The van der Waals surface area contributed by atoms with Crippen molar-refractivity contribution in [1.82, 2.24) is 25.1 Å². The van der Waals surface area contributed by atoms with E-state index in [0.29, 0.717) is 0 Å². The van der Waals surface area contributed by atoms with Crippen LogP contribution in [0.4, 0.5) is 5.82 Å². The maximum Gasteiger partial charge on any atom is 0.178 e. The predicted molar refractivity (Wildman–Crippen MR) is 76.9 cm³/mol. The Kier molecular flexibility index (Phi) is 2.84. The molecule has 1 N–H and O–H groups in total. The molecule has 1 saturated heterocycles. The van der Waals surface area contributed by atoms with Gasteiger partial charge in [-0.3, -0.25) is 0 Å². The highest BCUT2D eigenvalue weighted by molar-refractivity contribution is 5.47. The van der Waals surface area contributed by atoms with Gasteiger partial charge in [-0.2, -0.15) is 4.52 Å². The molecule has 3 heterocycles. The Morgan fingerprint density at radius 1 is 1.25 bits per heavy atom. The second-order valence-electron chi connectivity index (χ2n) is 6.02. The van der Waals surface area contributed by atoms with Gasteiger partial charge in [0, 0.05) is 31.6 Å². The lowest BCUT2D eigenvalue weighted by molar-refractivity contribution is 0.294. The third-order valence-electron chi connectivity index (χ3n) is 4.49. The minimum absolute atomic E-state index is 0.759. The van der Waals surface area contributed by atoms with E-state index >= 15 is 0 Å². The summed E-state index contributed by atoms with van der Waals surface area (Å²) in [6.07, 6.45) is 4.12. The van der Waals surface area contributed by atoms with Crippen molar-refractivity contribution in [3.8, 4) is 0 Å². The van der Waals surface area contributed by atoms with Crippen LogP contribution in [0.2, 0.25) is 0 Å². The van der Waals surface area contributed by atoms with Gasteiger partial charge in [0.05, 0.1) is 0 Å². The third-order valence-corrected chi connectivity index (χ3v) is 4.49. The Balaban J connectivity index is 1.37. The van der Waals surface area contributed by atoms with E-state index in [-0.39, 0.29) is 0 Å². The average Bonchev–Trinajstić information content (AvgIpc) is 2.71. The summed E-state index contributed by atoms with van der Waals surface area (Å²) >= 11 is 0. The Hall–Kier alpha value is -1.69. The van der Waals surface area contributed by atoms with E-state index in [4.69, 9.17) is 0 Å². The van der Waals surface area contributed by atoms with E-state index in [1.54, 1.807) is 0 Å². The quantitative estimate of drug-likeness (QED) is 0.900. The molecule has 0 aromatic carbocycles. The summed E-state index contributed by atoms with van der Waals surface area (Å²) in [6.45, 7) is 5.27. The summed E-state index contributed by atoms with van der Waals surface area (Å²) in [5, 5.41) is 16.4. The first kappa shape index (κ1) is 12.1.